The highest BCUT2D eigenvalue weighted by Crippen LogP contribution is 2.24. The molecule has 0 spiro atoms. The van der Waals surface area contributed by atoms with Gasteiger partial charge in [-0.25, -0.2) is 4.79 Å². The van der Waals surface area contributed by atoms with Gasteiger partial charge < -0.3 is 9.64 Å². The van der Waals surface area contributed by atoms with Crippen LogP contribution in [0.4, 0.5) is 8.78 Å². The third-order valence-electron chi connectivity index (χ3n) is 2.79. The van der Waals surface area contributed by atoms with Crippen LogP contribution in [0.25, 0.3) is 0 Å². The molecule has 0 saturated carbocycles. The topological polar surface area (TPSA) is 46.6 Å². The van der Waals surface area contributed by atoms with Crippen molar-refractivity contribution in [2.75, 3.05) is 13.7 Å². The van der Waals surface area contributed by atoms with Crippen molar-refractivity contribution in [3.63, 3.8) is 0 Å². The number of nitrogens with zero attached hydrogens (tertiary/aromatic N) is 1. The fraction of sp³-hybridized carbons (Fsp3) is 0.636. The predicted octanol–water partition coefficient (Wildman–Crippen LogP) is 1.57. The van der Waals surface area contributed by atoms with Gasteiger partial charge in [0.1, 0.15) is 6.04 Å². The van der Waals surface area contributed by atoms with Crippen molar-refractivity contribution in [1.82, 2.24) is 4.90 Å². The van der Waals surface area contributed by atoms with Gasteiger partial charge in [0.15, 0.2) is 0 Å². The van der Waals surface area contributed by atoms with E-state index in [4.69, 9.17) is 0 Å². The molecule has 1 rings (SSSR count). The zero-order valence-electron chi connectivity index (χ0n) is 9.78. The summed E-state index contributed by atoms with van der Waals surface area (Å²) in [4.78, 5) is 24.4. The monoisotopic (exact) mass is 247 g/mol. The van der Waals surface area contributed by atoms with E-state index >= 15 is 0 Å². The number of hydrogen-bond acceptors (Lipinski definition) is 3. The van der Waals surface area contributed by atoms with Gasteiger partial charge >= 0.3 is 5.97 Å². The fourth-order valence-corrected chi connectivity index (χ4v) is 2.00. The number of amides is 1. The number of halogens is 2. The summed E-state index contributed by atoms with van der Waals surface area (Å²) in [5.74, 6) is -1.32. The van der Waals surface area contributed by atoms with E-state index in [1.165, 1.54) is 12.0 Å². The summed E-state index contributed by atoms with van der Waals surface area (Å²) >= 11 is 0. The Kier molecular flexibility index (Phi) is 4.60. The summed E-state index contributed by atoms with van der Waals surface area (Å²) < 4.78 is 28.8. The number of methoxy groups -OCH3 is 1. The van der Waals surface area contributed by atoms with Gasteiger partial charge in [-0.15, -0.1) is 0 Å². The summed E-state index contributed by atoms with van der Waals surface area (Å²) in [6.07, 6.45) is -0.601. The molecule has 1 aliphatic rings. The van der Waals surface area contributed by atoms with Gasteiger partial charge in [0, 0.05) is 18.9 Å². The number of carbonyl (C=O) groups is 2. The molecule has 2 atom stereocenters. The highest BCUT2D eigenvalue weighted by atomic mass is 19.3. The molecular formula is C11H15F2NO3. The molecular weight excluding hydrogens is 232 g/mol. The Morgan fingerprint density at radius 3 is 2.76 bits per heavy atom. The van der Waals surface area contributed by atoms with E-state index < -0.39 is 24.0 Å². The zero-order valence-corrected chi connectivity index (χ0v) is 9.78. The summed E-state index contributed by atoms with van der Waals surface area (Å²) in [6, 6.07) is -0.673. The quantitative estimate of drug-likeness (QED) is 0.708. The van der Waals surface area contributed by atoms with E-state index in [2.05, 4.69) is 4.74 Å². The lowest BCUT2D eigenvalue weighted by atomic mass is 10.1. The molecule has 6 heteroatoms. The van der Waals surface area contributed by atoms with Gasteiger partial charge in [0.05, 0.1) is 7.11 Å². The normalized spacial score (nSPS) is 21.3. The molecule has 1 fully saturated rings. The van der Waals surface area contributed by atoms with Crippen molar-refractivity contribution in [3.8, 4) is 0 Å². The Morgan fingerprint density at radius 1 is 1.65 bits per heavy atom. The molecule has 0 aromatic heterocycles. The highest BCUT2D eigenvalue weighted by molar-refractivity contribution is 5.86. The lowest BCUT2D eigenvalue weighted by Crippen LogP contribution is -2.42. The van der Waals surface area contributed by atoms with E-state index in [0.717, 1.165) is 6.08 Å². The molecule has 96 valence electrons. The van der Waals surface area contributed by atoms with Crippen molar-refractivity contribution in [2.45, 2.75) is 25.8 Å². The van der Waals surface area contributed by atoms with Crippen LogP contribution >= 0.6 is 0 Å². The van der Waals surface area contributed by atoms with Crippen LogP contribution < -0.4 is 0 Å². The Labute approximate surface area is 98.2 Å². The number of carbonyl (C=O) groups excluding carboxylic acids is 2. The first kappa shape index (κ1) is 13.6. The van der Waals surface area contributed by atoms with Crippen LogP contribution in [0.15, 0.2) is 12.2 Å². The first-order chi connectivity index (χ1) is 7.99. The number of likely N-dealkylation sites (tertiary alicyclic amines) is 1. The molecule has 1 amide bonds. The van der Waals surface area contributed by atoms with E-state index in [1.54, 1.807) is 6.92 Å². The molecule has 17 heavy (non-hydrogen) atoms. The van der Waals surface area contributed by atoms with Gasteiger partial charge in [-0.1, -0.05) is 6.92 Å². The molecule has 0 unspecified atom stereocenters. The highest BCUT2D eigenvalue weighted by Gasteiger charge is 2.36. The van der Waals surface area contributed by atoms with Crippen LogP contribution in [0.3, 0.4) is 0 Å². The predicted molar refractivity (Wildman–Crippen MR) is 56.2 cm³/mol. The fourth-order valence-electron chi connectivity index (χ4n) is 2.00. The molecule has 0 N–H and O–H groups in total. The molecule has 1 aliphatic heterocycles. The Balaban J connectivity index is 2.75. The van der Waals surface area contributed by atoms with Crippen molar-refractivity contribution >= 4 is 11.9 Å². The van der Waals surface area contributed by atoms with Crippen LogP contribution in [-0.2, 0) is 14.3 Å². The summed E-state index contributed by atoms with van der Waals surface area (Å²) in [5, 5.41) is 0. The molecule has 0 aliphatic carbocycles. The smallest absolute Gasteiger partial charge is 0.328 e. The van der Waals surface area contributed by atoms with Gasteiger partial charge in [-0.2, -0.15) is 8.78 Å². The van der Waals surface area contributed by atoms with E-state index in [0.29, 0.717) is 6.42 Å². The Morgan fingerprint density at radius 2 is 2.29 bits per heavy atom. The third kappa shape index (κ3) is 3.25. The van der Waals surface area contributed by atoms with Crippen LogP contribution in [-0.4, -0.2) is 36.5 Å². The maximum absolute atomic E-state index is 12.1. The van der Waals surface area contributed by atoms with E-state index in [1.807, 2.05) is 0 Å². The second-order valence-corrected chi connectivity index (χ2v) is 3.91. The average molecular weight is 247 g/mol. The second-order valence-electron chi connectivity index (χ2n) is 3.91. The minimum absolute atomic E-state index is 0.0187. The van der Waals surface area contributed by atoms with Gasteiger partial charge in [0.2, 0.25) is 5.91 Å². The lowest BCUT2D eigenvalue weighted by molar-refractivity contribution is -0.151. The molecule has 0 aromatic carbocycles. The minimum Gasteiger partial charge on any atom is -0.467 e. The van der Waals surface area contributed by atoms with Gasteiger partial charge in [-0.05, 0) is 12.5 Å². The SMILES string of the molecule is CC[C@H](C(=O)OC)N1C[C@H](C=C(F)F)CC1=O. The first-order valence-corrected chi connectivity index (χ1v) is 5.39. The number of ether oxygens (including phenoxy) is 1. The summed E-state index contributed by atoms with van der Waals surface area (Å²) in [7, 11) is 1.24. The molecule has 0 bridgehead atoms. The van der Waals surface area contributed by atoms with Crippen molar-refractivity contribution < 1.29 is 23.1 Å². The average Bonchev–Trinajstić information content (AvgIpc) is 2.59. The second kappa shape index (κ2) is 5.75. The van der Waals surface area contributed by atoms with Crippen molar-refractivity contribution in [3.05, 3.63) is 12.2 Å². The van der Waals surface area contributed by atoms with Crippen molar-refractivity contribution in [2.24, 2.45) is 5.92 Å². The van der Waals surface area contributed by atoms with E-state index in [9.17, 15) is 18.4 Å². The largest absolute Gasteiger partial charge is 0.467 e. The summed E-state index contributed by atoms with van der Waals surface area (Å²) in [6.45, 7) is 1.89. The molecule has 1 saturated heterocycles. The standard InChI is InChI=1S/C11H15F2NO3/c1-3-8(11(16)17-2)14-6-7(4-9(12)13)5-10(14)15/h4,7-8H,3,5-6H2,1-2H3/t7-,8-/m1/s1. The van der Waals surface area contributed by atoms with Crippen LogP contribution in [0, 0.1) is 5.92 Å². The zero-order chi connectivity index (χ0) is 13.0. The van der Waals surface area contributed by atoms with Gasteiger partial charge in [0.25, 0.3) is 6.08 Å². The van der Waals surface area contributed by atoms with Gasteiger partial charge in [-0.3, -0.25) is 4.79 Å². The van der Waals surface area contributed by atoms with E-state index in [-0.39, 0.29) is 18.9 Å². The van der Waals surface area contributed by atoms with Crippen LogP contribution in [0.1, 0.15) is 19.8 Å². The molecule has 4 nitrogen and oxygen atoms in total. The maximum Gasteiger partial charge on any atom is 0.328 e. The number of esters is 1. The van der Waals surface area contributed by atoms with Crippen molar-refractivity contribution in [1.29, 1.82) is 0 Å². The lowest BCUT2D eigenvalue weighted by Gasteiger charge is -2.24. The van der Waals surface area contributed by atoms with Crippen LogP contribution in [0.2, 0.25) is 0 Å². The Hall–Kier alpha value is -1.46. The van der Waals surface area contributed by atoms with Crippen LogP contribution in [0.5, 0.6) is 0 Å². The molecule has 0 radical (unpaired) electrons. The maximum atomic E-state index is 12.1. The third-order valence-corrected chi connectivity index (χ3v) is 2.79. The summed E-state index contributed by atoms with van der Waals surface area (Å²) in [5.41, 5.74) is 0. The Bertz CT molecular complexity index is 340. The number of hydrogen-bond donors (Lipinski definition) is 0. The number of rotatable bonds is 4. The minimum atomic E-state index is -1.80. The molecule has 1 heterocycles. The first-order valence-electron chi connectivity index (χ1n) is 5.39. The molecule has 0 aromatic rings.